The third kappa shape index (κ3) is 5.15. The lowest BCUT2D eigenvalue weighted by molar-refractivity contribution is -0.118. The molecule has 0 radical (unpaired) electrons. The topological polar surface area (TPSA) is 72.2 Å². The molecule has 1 aliphatic heterocycles. The summed E-state index contributed by atoms with van der Waals surface area (Å²) >= 11 is 2.87. The number of hydrogen-bond acceptors (Lipinski definition) is 6. The smallest absolute Gasteiger partial charge is 0.286 e. The van der Waals surface area contributed by atoms with Crippen LogP contribution in [0.25, 0.3) is 11.5 Å². The number of nitrogens with zero attached hydrogens (tertiary/aromatic N) is 1. The maximum absolute atomic E-state index is 11.7. The molecule has 2 aromatic carbocycles. The second-order valence-corrected chi connectivity index (χ2v) is 9.42. The highest BCUT2D eigenvalue weighted by Gasteiger charge is 2.31. The average molecular weight is 439 g/mol. The van der Waals surface area contributed by atoms with E-state index in [0.717, 1.165) is 52.9 Å². The molecular weight excluding hydrogens is 416 g/mol. The van der Waals surface area contributed by atoms with Crippen LogP contribution >= 0.6 is 23.5 Å². The minimum absolute atomic E-state index is 0.193. The summed E-state index contributed by atoms with van der Waals surface area (Å²) in [7, 11) is 0. The van der Waals surface area contributed by atoms with E-state index in [2.05, 4.69) is 22.4 Å². The number of rotatable bonds is 8. The zero-order chi connectivity index (χ0) is 20.9. The highest BCUT2D eigenvalue weighted by atomic mass is 32.2. The molecule has 1 unspecified atom stereocenters. The third-order valence-electron chi connectivity index (χ3n) is 4.85. The molecule has 0 spiro atoms. The zero-order valence-electron chi connectivity index (χ0n) is 16.6. The van der Waals surface area contributed by atoms with Gasteiger partial charge >= 0.3 is 0 Å². The van der Waals surface area contributed by atoms with E-state index in [9.17, 15) is 9.59 Å². The summed E-state index contributed by atoms with van der Waals surface area (Å²) in [6, 6.07) is 18.2. The van der Waals surface area contributed by atoms with Crippen LogP contribution in [-0.4, -0.2) is 27.1 Å². The number of thioether (sulfide) groups is 2. The molecule has 30 heavy (non-hydrogen) atoms. The van der Waals surface area contributed by atoms with E-state index >= 15 is 0 Å². The van der Waals surface area contributed by atoms with Crippen molar-refractivity contribution in [1.82, 2.24) is 10.3 Å². The van der Waals surface area contributed by atoms with Gasteiger partial charge in [-0.05, 0) is 61.8 Å². The first-order valence-electron chi connectivity index (χ1n) is 9.83. The first-order valence-corrected chi connectivity index (χ1v) is 11.7. The van der Waals surface area contributed by atoms with Crippen LogP contribution in [0.2, 0.25) is 0 Å². The summed E-state index contributed by atoms with van der Waals surface area (Å²) in [4.78, 5) is 28.8. The fraction of sp³-hybridized carbons (Fsp3) is 0.261. The van der Waals surface area contributed by atoms with Gasteiger partial charge in [-0.3, -0.25) is 14.9 Å². The highest BCUT2D eigenvalue weighted by Crippen LogP contribution is 2.26. The average Bonchev–Trinajstić information content (AvgIpc) is 3.28. The molecule has 5 nitrogen and oxygen atoms in total. The molecule has 4 rings (SSSR count). The fourth-order valence-electron chi connectivity index (χ4n) is 3.26. The summed E-state index contributed by atoms with van der Waals surface area (Å²) in [6.07, 6.45) is 2.46. The van der Waals surface area contributed by atoms with Gasteiger partial charge in [-0.1, -0.05) is 42.1 Å². The van der Waals surface area contributed by atoms with Gasteiger partial charge in [0.05, 0.1) is 10.9 Å². The predicted octanol–water partition coefficient (Wildman–Crippen LogP) is 5.27. The molecule has 2 amide bonds. The quantitative estimate of drug-likeness (QED) is 0.382. The number of amides is 2. The Kier molecular flexibility index (Phi) is 6.59. The minimum atomic E-state index is -0.317. The molecule has 7 heteroatoms. The van der Waals surface area contributed by atoms with E-state index in [-0.39, 0.29) is 16.4 Å². The lowest BCUT2D eigenvalue weighted by Crippen LogP contribution is -2.25. The Morgan fingerprint density at radius 2 is 1.87 bits per heavy atom. The largest absolute Gasteiger partial charge is 0.441 e. The molecule has 154 valence electrons. The van der Waals surface area contributed by atoms with Gasteiger partial charge in [0.15, 0.2) is 0 Å². The Labute approximate surface area is 184 Å². The Bertz CT molecular complexity index is 1030. The molecule has 1 N–H and O–H groups in total. The second kappa shape index (κ2) is 9.53. The minimum Gasteiger partial charge on any atom is -0.441 e. The Balaban J connectivity index is 1.24. The molecule has 1 saturated heterocycles. The van der Waals surface area contributed by atoms with Crippen molar-refractivity contribution < 1.29 is 14.0 Å². The summed E-state index contributed by atoms with van der Waals surface area (Å²) in [5, 5.41) is 1.76. The number of imide groups is 1. The van der Waals surface area contributed by atoms with Gasteiger partial charge in [0.25, 0.3) is 5.24 Å². The second-order valence-electron chi connectivity index (χ2n) is 7.07. The van der Waals surface area contributed by atoms with Crippen LogP contribution in [-0.2, 0) is 17.6 Å². The molecule has 0 bridgehead atoms. The van der Waals surface area contributed by atoms with Crippen molar-refractivity contribution in [2.45, 2.75) is 36.3 Å². The molecule has 0 saturated carbocycles. The lowest BCUT2D eigenvalue weighted by Gasteiger charge is -2.07. The van der Waals surface area contributed by atoms with Gasteiger partial charge in [-0.25, -0.2) is 4.98 Å². The Morgan fingerprint density at radius 1 is 1.10 bits per heavy atom. The van der Waals surface area contributed by atoms with E-state index in [1.807, 2.05) is 49.4 Å². The van der Waals surface area contributed by atoms with Gasteiger partial charge in [0, 0.05) is 10.5 Å². The van der Waals surface area contributed by atoms with Crippen molar-refractivity contribution in [3.63, 3.8) is 0 Å². The Morgan fingerprint density at radius 3 is 2.57 bits per heavy atom. The van der Waals surface area contributed by atoms with Crippen molar-refractivity contribution in [1.29, 1.82) is 0 Å². The third-order valence-corrected chi connectivity index (χ3v) is 6.93. The van der Waals surface area contributed by atoms with Crippen LogP contribution in [0.15, 0.2) is 63.9 Å². The van der Waals surface area contributed by atoms with Gasteiger partial charge < -0.3 is 4.42 Å². The molecule has 2 heterocycles. The molecular formula is C23H22N2O3S2. The Hall–Kier alpha value is -2.51. The molecule has 1 aliphatic rings. The molecule has 0 aliphatic carbocycles. The van der Waals surface area contributed by atoms with E-state index in [1.54, 1.807) is 11.8 Å². The first kappa shape index (κ1) is 20.8. The molecule has 1 aromatic heterocycles. The summed E-state index contributed by atoms with van der Waals surface area (Å²) in [5.74, 6) is 2.36. The van der Waals surface area contributed by atoms with Crippen LogP contribution in [0.1, 0.15) is 23.4 Å². The zero-order valence-corrected chi connectivity index (χ0v) is 18.2. The van der Waals surface area contributed by atoms with Crippen LogP contribution in [0.5, 0.6) is 0 Å². The molecule has 1 fully saturated rings. The standard InChI is InChI=1S/C23H22N2O3S2/c1-15-19(24-22(28-15)17-6-3-2-4-7-17)8-5-13-29-18-11-9-16(10-12-18)14-20-21(26)25-23(27)30-20/h2-4,6-7,9-12,20H,5,8,13-14H2,1H3,(H,25,26,27). The summed E-state index contributed by atoms with van der Waals surface area (Å²) in [6.45, 7) is 1.97. The number of oxazole rings is 1. The van der Waals surface area contributed by atoms with E-state index < -0.39 is 0 Å². The monoisotopic (exact) mass is 438 g/mol. The van der Waals surface area contributed by atoms with Gasteiger partial charge in [-0.2, -0.15) is 0 Å². The lowest BCUT2D eigenvalue weighted by atomic mass is 10.1. The summed E-state index contributed by atoms with van der Waals surface area (Å²) < 4.78 is 5.83. The summed E-state index contributed by atoms with van der Waals surface area (Å²) in [5.41, 5.74) is 3.08. The maximum Gasteiger partial charge on any atom is 0.286 e. The first-order chi connectivity index (χ1) is 14.6. The molecule has 3 aromatic rings. The maximum atomic E-state index is 11.7. The molecule has 1 atom stereocenters. The van der Waals surface area contributed by atoms with Crippen LogP contribution in [0.4, 0.5) is 4.79 Å². The normalized spacial score (nSPS) is 16.1. The van der Waals surface area contributed by atoms with Crippen molar-refractivity contribution >= 4 is 34.7 Å². The number of nitrogens with one attached hydrogen (secondary N) is 1. The number of aryl methyl sites for hydroxylation is 2. The number of carbonyl (C=O) groups excluding carboxylic acids is 2. The number of carbonyl (C=O) groups is 2. The number of aromatic nitrogens is 1. The number of benzene rings is 2. The van der Waals surface area contributed by atoms with Gasteiger partial charge in [0.1, 0.15) is 5.76 Å². The van der Waals surface area contributed by atoms with E-state index in [4.69, 9.17) is 4.42 Å². The van der Waals surface area contributed by atoms with Gasteiger partial charge in [-0.15, -0.1) is 11.8 Å². The van der Waals surface area contributed by atoms with Crippen molar-refractivity contribution in [3.05, 3.63) is 71.6 Å². The predicted molar refractivity (Wildman–Crippen MR) is 121 cm³/mol. The number of hydrogen-bond donors (Lipinski definition) is 1. The highest BCUT2D eigenvalue weighted by molar-refractivity contribution is 8.15. The van der Waals surface area contributed by atoms with Crippen LogP contribution in [0, 0.1) is 6.92 Å². The van der Waals surface area contributed by atoms with Crippen molar-refractivity contribution in [3.8, 4) is 11.5 Å². The van der Waals surface area contributed by atoms with E-state index in [1.165, 1.54) is 4.90 Å². The van der Waals surface area contributed by atoms with Crippen molar-refractivity contribution in [2.75, 3.05) is 5.75 Å². The SMILES string of the molecule is Cc1oc(-c2ccccc2)nc1CCCSc1ccc(CC2SC(=O)NC2=O)cc1. The van der Waals surface area contributed by atoms with Crippen LogP contribution < -0.4 is 5.32 Å². The van der Waals surface area contributed by atoms with Gasteiger partial charge in [0.2, 0.25) is 11.8 Å². The van der Waals surface area contributed by atoms with Crippen molar-refractivity contribution in [2.24, 2.45) is 0 Å². The fourth-order valence-corrected chi connectivity index (χ4v) is 4.97. The van der Waals surface area contributed by atoms with Crippen LogP contribution in [0.3, 0.4) is 0 Å². The van der Waals surface area contributed by atoms with E-state index in [0.29, 0.717) is 12.3 Å².